The number of ketones is 1. The fourth-order valence-corrected chi connectivity index (χ4v) is 3.06. The van der Waals surface area contributed by atoms with Crippen LogP contribution < -0.4 is 5.32 Å². The largest absolute Gasteiger partial charge is 0.356 e. The zero-order valence-corrected chi connectivity index (χ0v) is 14.3. The normalized spacial score (nSPS) is 18.6. The summed E-state index contributed by atoms with van der Waals surface area (Å²) in [6.07, 6.45) is 2.94. The van der Waals surface area contributed by atoms with E-state index in [0.29, 0.717) is 11.5 Å². The maximum absolute atomic E-state index is 12.1. The van der Waals surface area contributed by atoms with E-state index in [1.807, 2.05) is 31.2 Å². The van der Waals surface area contributed by atoms with Gasteiger partial charge >= 0.3 is 0 Å². The molecule has 126 valence electrons. The second-order valence-electron chi connectivity index (χ2n) is 6.49. The highest BCUT2D eigenvalue weighted by molar-refractivity contribution is 5.97. The minimum atomic E-state index is -0.0147. The van der Waals surface area contributed by atoms with Gasteiger partial charge in [0.2, 0.25) is 5.91 Å². The standard InChI is InChI=1S/C19H28N2O2/c1-3-21-12-4-5-16(14-21)13-20-19(23)11-10-18(22)17-8-6-15(2)7-9-17/h6-9,16H,3-5,10-14H2,1-2H3,(H,20,23)/t16-/m1/s1. The molecule has 1 N–H and O–H groups in total. The summed E-state index contributed by atoms with van der Waals surface area (Å²) >= 11 is 0. The van der Waals surface area contributed by atoms with Gasteiger partial charge in [-0.1, -0.05) is 36.8 Å². The first kappa shape index (κ1) is 17.7. The molecular formula is C19H28N2O2. The predicted molar refractivity (Wildman–Crippen MR) is 92.6 cm³/mol. The number of piperidine rings is 1. The van der Waals surface area contributed by atoms with Gasteiger partial charge in [-0.2, -0.15) is 0 Å². The first-order valence-electron chi connectivity index (χ1n) is 8.67. The van der Waals surface area contributed by atoms with Crippen LogP contribution in [0.15, 0.2) is 24.3 Å². The van der Waals surface area contributed by atoms with Crippen LogP contribution in [0.4, 0.5) is 0 Å². The van der Waals surface area contributed by atoms with Gasteiger partial charge in [-0.15, -0.1) is 0 Å². The number of carbonyl (C=O) groups is 2. The number of amides is 1. The van der Waals surface area contributed by atoms with Crippen LogP contribution in [-0.4, -0.2) is 42.8 Å². The molecule has 1 aliphatic rings. The Morgan fingerprint density at radius 3 is 2.65 bits per heavy atom. The van der Waals surface area contributed by atoms with Gasteiger partial charge in [0.25, 0.3) is 0 Å². The molecule has 1 aromatic rings. The number of nitrogens with zero attached hydrogens (tertiary/aromatic N) is 1. The Labute approximate surface area is 139 Å². The van der Waals surface area contributed by atoms with E-state index in [1.165, 1.54) is 19.4 Å². The summed E-state index contributed by atoms with van der Waals surface area (Å²) < 4.78 is 0. The number of hydrogen-bond donors (Lipinski definition) is 1. The minimum absolute atomic E-state index is 0.0147. The molecule has 4 heteroatoms. The van der Waals surface area contributed by atoms with E-state index >= 15 is 0 Å². The van der Waals surface area contributed by atoms with E-state index in [1.54, 1.807) is 0 Å². The Morgan fingerprint density at radius 1 is 1.22 bits per heavy atom. The summed E-state index contributed by atoms with van der Waals surface area (Å²) in [4.78, 5) is 26.4. The van der Waals surface area contributed by atoms with E-state index in [4.69, 9.17) is 0 Å². The van der Waals surface area contributed by atoms with Crippen LogP contribution in [0.25, 0.3) is 0 Å². The third-order valence-corrected chi connectivity index (χ3v) is 4.59. The first-order valence-corrected chi connectivity index (χ1v) is 8.67. The van der Waals surface area contributed by atoms with Crippen molar-refractivity contribution in [1.29, 1.82) is 0 Å². The van der Waals surface area contributed by atoms with Gasteiger partial charge < -0.3 is 10.2 Å². The zero-order valence-electron chi connectivity index (χ0n) is 14.3. The molecule has 1 aliphatic heterocycles. The molecule has 0 bridgehead atoms. The molecule has 0 aliphatic carbocycles. The number of benzene rings is 1. The molecule has 0 radical (unpaired) electrons. The van der Waals surface area contributed by atoms with Gasteiger partial charge in [0, 0.05) is 31.5 Å². The summed E-state index contributed by atoms with van der Waals surface area (Å²) in [5.74, 6) is 0.564. The van der Waals surface area contributed by atoms with Gasteiger partial charge in [0.15, 0.2) is 5.78 Å². The Bertz CT molecular complexity index is 525. The lowest BCUT2D eigenvalue weighted by atomic mass is 9.98. The maximum atomic E-state index is 12.1. The van der Waals surface area contributed by atoms with E-state index in [9.17, 15) is 9.59 Å². The molecule has 1 amide bonds. The van der Waals surface area contributed by atoms with Crippen LogP contribution in [0.2, 0.25) is 0 Å². The van der Waals surface area contributed by atoms with Crippen molar-refractivity contribution in [3.63, 3.8) is 0 Å². The van der Waals surface area contributed by atoms with Gasteiger partial charge in [-0.3, -0.25) is 9.59 Å². The molecule has 0 aromatic heterocycles. The number of hydrogen-bond acceptors (Lipinski definition) is 3. The fourth-order valence-electron chi connectivity index (χ4n) is 3.06. The van der Waals surface area contributed by atoms with E-state index < -0.39 is 0 Å². The Morgan fingerprint density at radius 2 is 1.96 bits per heavy atom. The first-order chi connectivity index (χ1) is 11.1. The quantitative estimate of drug-likeness (QED) is 0.787. The van der Waals surface area contributed by atoms with E-state index in [2.05, 4.69) is 17.1 Å². The van der Waals surface area contributed by atoms with Crippen molar-refractivity contribution >= 4 is 11.7 Å². The molecular weight excluding hydrogens is 288 g/mol. The molecule has 0 saturated carbocycles. The summed E-state index contributed by atoms with van der Waals surface area (Å²) in [6, 6.07) is 7.51. The van der Waals surface area contributed by atoms with Gasteiger partial charge in [-0.05, 0) is 38.8 Å². The molecule has 0 unspecified atom stereocenters. The molecule has 1 fully saturated rings. The van der Waals surface area contributed by atoms with Crippen LogP contribution in [0.3, 0.4) is 0 Å². The predicted octanol–water partition coefficient (Wildman–Crippen LogP) is 2.81. The smallest absolute Gasteiger partial charge is 0.220 e. The Balaban J connectivity index is 1.68. The monoisotopic (exact) mass is 316 g/mol. The second-order valence-corrected chi connectivity index (χ2v) is 6.49. The lowest BCUT2D eigenvalue weighted by Gasteiger charge is -2.31. The van der Waals surface area contributed by atoms with Crippen LogP contribution in [-0.2, 0) is 4.79 Å². The molecule has 1 heterocycles. The van der Waals surface area contributed by atoms with Crippen LogP contribution >= 0.6 is 0 Å². The molecule has 23 heavy (non-hydrogen) atoms. The number of nitrogens with one attached hydrogen (secondary N) is 1. The lowest BCUT2D eigenvalue weighted by molar-refractivity contribution is -0.121. The van der Waals surface area contributed by atoms with Crippen molar-refractivity contribution in [1.82, 2.24) is 10.2 Å². The molecule has 2 rings (SSSR count). The van der Waals surface area contributed by atoms with Crippen LogP contribution in [0.1, 0.15) is 48.5 Å². The molecule has 1 aromatic carbocycles. The van der Waals surface area contributed by atoms with E-state index in [0.717, 1.165) is 25.2 Å². The van der Waals surface area contributed by atoms with Crippen molar-refractivity contribution in [2.45, 2.75) is 39.5 Å². The summed E-state index contributed by atoms with van der Waals surface area (Å²) in [7, 11) is 0. The molecule has 1 saturated heterocycles. The topological polar surface area (TPSA) is 49.4 Å². The van der Waals surface area contributed by atoms with Crippen molar-refractivity contribution < 1.29 is 9.59 Å². The second kappa shape index (κ2) is 8.82. The molecule has 1 atom stereocenters. The van der Waals surface area contributed by atoms with Crippen molar-refractivity contribution in [3.05, 3.63) is 35.4 Å². The van der Waals surface area contributed by atoms with Gasteiger partial charge in [0.1, 0.15) is 0 Å². The number of likely N-dealkylation sites (tertiary alicyclic amines) is 1. The average Bonchev–Trinajstić information content (AvgIpc) is 2.58. The highest BCUT2D eigenvalue weighted by Gasteiger charge is 2.19. The SMILES string of the molecule is CCN1CCC[C@H](CNC(=O)CCC(=O)c2ccc(C)cc2)C1. The lowest BCUT2D eigenvalue weighted by Crippen LogP contribution is -2.40. The van der Waals surface area contributed by atoms with Crippen molar-refractivity contribution in [3.8, 4) is 0 Å². The number of Topliss-reactive ketones (excluding diaryl/α,β-unsaturated/α-hetero) is 1. The number of carbonyl (C=O) groups excluding carboxylic acids is 2. The number of rotatable bonds is 7. The van der Waals surface area contributed by atoms with Crippen LogP contribution in [0, 0.1) is 12.8 Å². The highest BCUT2D eigenvalue weighted by Crippen LogP contribution is 2.15. The number of aryl methyl sites for hydroxylation is 1. The fraction of sp³-hybridized carbons (Fsp3) is 0.579. The molecule has 0 spiro atoms. The van der Waals surface area contributed by atoms with Crippen molar-refractivity contribution in [2.75, 3.05) is 26.2 Å². The average molecular weight is 316 g/mol. The molecule has 4 nitrogen and oxygen atoms in total. The highest BCUT2D eigenvalue weighted by atomic mass is 16.2. The summed E-state index contributed by atoms with van der Waals surface area (Å²) in [6.45, 7) is 8.22. The van der Waals surface area contributed by atoms with E-state index in [-0.39, 0.29) is 24.5 Å². The third kappa shape index (κ3) is 5.79. The van der Waals surface area contributed by atoms with Crippen molar-refractivity contribution in [2.24, 2.45) is 5.92 Å². The van der Waals surface area contributed by atoms with Gasteiger partial charge in [-0.25, -0.2) is 0 Å². The summed E-state index contributed by atoms with van der Waals surface area (Å²) in [5.41, 5.74) is 1.82. The third-order valence-electron chi connectivity index (χ3n) is 4.59. The van der Waals surface area contributed by atoms with Gasteiger partial charge in [0.05, 0.1) is 0 Å². The maximum Gasteiger partial charge on any atom is 0.220 e. The Kier molecular flexibility index (Phi) is 6.78. The zero-order chi connectivity index (χ0) is 16.7. The van der Waals surface area contributed by atoms with Crippen LogP contribution in [0.5, 0.6) is 0 Å². The Hall–Kier alpha value is -1.68. The minimum Gasteiger partial charge on any atom is -0.356 e. The summed E-state index contributed by atoms with van der Waals surface area (Å²) in [5, 5.41) is 3.00.